The maximum absolute atomic E-state index is 4.67. The van der Waals surface area contributed by atoms with Crippen LogP contribution in [0.2, 0.25) is 0 Å². The van der Waals surface area contributed by atoms with E-state index in [0.29, 0.717) is 6.04 Å². The van der Waals surface area contributed by atoms with Crippen molar-refractivity contribution in [2.75, 3.05) is 13.1 Å². The lowest BCUT2D eigenvalue weighted by Crippen LogP contribution is -2.36. The highest BCUT2D eigenvalue weighted by Crippen LogP contribution is 2.15. The Labute approximate surface area is 102 Å². The molecule has 0 N–H and O–H groups in total. The molecule has 2 rings (SSSR count). The van der Waals surface area contributed by atoms with Crippen LogP contribution in [0.15, 0.2) is 35.3 Å². The minimum Gasteiger partial charge on any atom is -0.297 e. The number of hydrogen-bond donors (Lipinski definition) is 0. The monoisotopic (exact) mass is 232 g/mol. The van der Waals surface area contributed by atoms with Gasteiger partial charge in [-0.05, 0) is 37.2 Å². The predicted molar refractivity (Wildman–Crippen MR) is 69.8 cm³/mol. The number of isothiocyanates is 1. The quantitative estimate of drug-likeness (QED) is 0.588. The third kappa shape index (κ3) is 3.24. The van der Waals surface area contributed by atoms with Gasteiger partial charge in [-0.3, -0.25) is 4.90 Å². The SMILES string of the molecule is S=C=NC1CCCN(Cc2ccccc2)C1. The summed E-state index contributed by atoms with van der Waals surface area (Å²) < 4.78 is 0. The number of aliphatic imine (C=N–C) groups is 1. The molecular formula is C13H16N2S. The van der Waals surface area contributed by atoms with Gasteiger partial charge in [0, 0.05) is 13.1 Å². The zero-order chi connectivity index (χ0) is 11.2. The Morgan fingerprint density at radius 2 is 2.19 bits per heavy atom. The van der Waals surface area contributed by atoms with Crippen LogP contribution in [0.25, 0.3) is 0 Å². The van der Waals surface area contributed by atoms with Gasteiger partial charge in [0.25, 0.3) is 0 Å². The van der Waals surface area contributed by atoms with Crippen LogP contribution in [0, 0.1) is 0 Å². The first-order valence-electron chi connectivity index (χ1n) is 5.72. The second kappa shape index (κ2) is 5.90. The van der Waals surface area contributed by atoms with E-state index >= 15 is 0 Å². The van der Waals surface area contributed by atoms with E-state index in [1.165, 1.54) is 18.5 Å². The van der Waals surface area contributed by atoms with Gasteiger partial charge in [-0.2, -0.15) is 0 Å². The molecule has 1 aromatic rings. The molecule has 0 bridgehead atoms. The van der Waals surface area contributed by atoms with E-state index < -0.39 is 0 Å². The van der Waals surface area contributed by atoms with Crippen LogP contribution in [0.5, 0.6) is 0 Å². The van der Waals surface area contributed by atoms with Crippen molar-refractivity contribution in [3.05, 3.63) is 35.9 Å². The molecule has 3 heteroatoms. The highest BCUT2D eigenvalue weighted by atomic mass is 32.1. The van der Waals surface area contributed by atoms with Crippen LogP contribution in [-0.4, -0.2) is 29.2 Å². The van der Waals surface area contributed by atoms with Crippen LogP contribution >= 0.6 is 12.2 Å². The van der Waals surface area contributed by atoms with Crippen molar-refractivity contribution in [2.45, 2.75) is 25.4 Å². The fourth-order valence-corrected chi connectivity index (χ4v) is 2.35. The lowest BCUT2D eigenvalue weighted by atomic mass is 10.1. The van der Waals surface area contributed by atoms with Gasteiger partial charge in [-0.25, -0.2) is 4.99 Å². The number of nitrogens with zero attached hydrogens (tertiary/aromatic N) is 2. The number of rotatable bonds is 3. The summed E-state index contributed by atoms with van der Waals surface area (Å²) in [5.41, 5.74) is 1.37. The zero-order valence-electron chi connectivity index (χ0n) is 9.30. The lowest BCUT2D eigenvalue weighted by molar-refractivity contribution is 0.202. The molecule has 16 heavy (non-hydrogen) atoms. The number of piperidine rings is 1. The van der Waals surface area contributed by atoms with Crippen LogP contribution < -0.4 is 0 Å². The van der Waals surface area contributed by atoms with Crippen molar-refractivity contribution >= 4 is 17.4 Å². The van der Waals surface area contributed by atoms with Crippen LogP contribution in [-0.2, 0) is 6.54 Å². The van der Waals surface area contributed by atoms with Crippen LogP contribution in [0.4, 0.5) is 0 Å². The van der Waals surface area contributed by atoms with Crippen molar-refractivity contribution in [1.82, 2.24) is 4.90 Å². The standard InChI is InChI=1S/C13H16N2S/c16-11-14-13-7-4-8-15(10-13)9-12-5-2-1-3-6-12/h1-3,5-6,13H,4,7-10H2. The molecule has 0 aliphatic carbocycles. The molecule has 84 valence electrons. The molecule has 1 aromatic carbocycles. The molecule has 1 aliphatic heterocycles. The molecule has 1 aliphatic rings. The van der Waals surface area contributed by atoms with Crippen molar-refractivity contribution in [1.29, 1.82) is 0 Å². The Morgan fingerprint density at radius 1 is 1.38 bits per heavy atom. The van der Waals surface area contributed by atoms with E-state index in [2.05, 4.69) is 57.6 Å². The summed E-state index contributed by atoms with van der Waals surface area (Å²) in [6.45, 7) is 3.20. The Morgan fingerprint density at radius 3 is 2.94 bits per heavy atom. The van der Waals surface area contributed by atoms with E-state index in [-0.39, 0.29) is 0 Å². The van der Waals surface area contributed by atoms with Gasteiger partial charge in [0.2, 0.25) is 0 Å². The maximum atomic E-state index is 4.67. The summed E-state index contributed by atoms with van der Waals surface area (Å²) >= 11 is 4.67. The topological polar surface area (TPSA) is 15.6 Å². The molecule has 1 unspecified atom stereocenters. The Kier molecular flexibility index (Phi) is 4.23. The molecule has 1 saturated heterocycles. The molecule has 1 atom stereocenters. The second-order valence-electron chi connectivity index (χ2n) is 4.24. The van der Waals surface area contributed by atoms with Gasteiger partial charge >= 0.3 is 0 Å². The first kappa shape index (κ1) is 11.5. The normalized spacial score (nSPS) is 21.4. The fourth-order valence-electron chi connectivity index (χ4n) is 2.20. The average Bonchev–Trinajstić information content (AvgIpc) is 2.31. The first-order chi connectivity index (χ1) is 7.88. The minimum atomic E-state index is 0.356. The van der Waals surface area contributed by atoms with Gasteiger partial charge in [0.1, 0.15) is 0 Å². The molecule has 0 amide bonds. The summed E-state index contributed by atoms with van der Waals surface area (Å²) in [6, 6.07) is 10.9. The number of hydrogen-bond acceptors (Lipinski definition) is 3. The largest absolute Gasteiger partial charge is 0.297 e. The molecule has 0 aromatic heterocycles. The molecule has 1 heterocycles. The maximum Gasteiger partial charge on any atom is 0.0730 e. The second-order valence-corrected chi connectivity index (χ2v) is 4.42. The summed E-state index contributed by atoms with van der Waals surface area (Å²) in [4.78, 5) is 6.64. The molecule has 0 radical (unpaired) electrons. The molecule has 2 nitrogen and oxygen atoms in total. The molecule has 0 spiro atoms. The highest BCUT2D eigenvalue weighted by molar-refractivity contribution is 7.78. The smallest absolute Gasteiger partial charge is 0.0730 e. The Bertz CT molecular complexity index is 371. The summed E-state index contributed by atoms with van der Waals surface area (Å²) in [6.07, 6.45) is 2.35. The number of thiocarbonyl (C=S) groups is 1. The van der Waals surface area contributed by atoms with Crippen LogP contribution in [0.3, 0.4) is 0 Å². The third-order valence-corrected chi connectivity index (χ3v) is 3.07. The van der Waals surface area contributed by atoms with E-state index in [4.69, 9.17) is 0 Å². The number of likely N-dealkylation sites (tertiary alicyclic amines) is 1. The van der Waals surface area contributed by atoms with Crippen molar-refractivity contribution in [3.8, 4) is 0 Å². The highest BCUT2D eigenvalue weighted by Gasteiger charge is 2.18. The van der Waals surface area contributed by atoms with Crippen molar-refractivity contribution < 1.29 is 0 Å². The van der Waals surface area contributed by atoms with Gasteiger partial charge < -0.3 is 0 Å². The van der Waals surface area contributed by atoms with E-state index in [1.807, 2.05) is 0 Å². The summed E-state index contributed by atoms with van der Waals surface area (Å²) in [5, 5.41) is 2.50. The average molecular weight is 232 g/mol. The van der Waals surface area contributed by atoms with Crippen LogP contribution in [0.1, 0.15) is 18.4 Å². The van der Waals surface area contributed by atoms with Gasteiger partial charge in [-0.1, -0.05) is 30.3 Å². The molecular weight excluding hydrogens is 216 g/mol. The van der Waals surface area contributed by atoms with E-state index in [1.54, 1.807) is 0 Å². The summed E-state index contributed by atoms with van der Waals surface area (Å²) in [5.74, 6) is 0. The number of benzene rings is 1. The Hall–Kier alpha value is -1.02. The van der Waals surface area contributed by atoms with Gasteiger partial charge in [-0.15, -0.1) is 0 Å². The van der Waals surface area contributed by atoms with Gasteiger partial charge in [0.05, 0.1) is 11.2 Å². The first-order valence-corrected chi connectivity index (χ1v) is 6.12. The predicted octanol–water partition coefficient (Wildman–Crippen LogP) is 2.75. The fraction of sp³-hybridized carbons (Fsp3) is 0.462. The van der Waals surface area contributed by atoms with E-state index in [9.17, 15) is 0 Å². The molecule has 1 fully saturated rings. The van der Waals surface area contributed by atoms with E-state index in [0.717, 1.165) is 19.5 Å². The Balaban J connectivity index is 1.93. The molecule has 0 saturated carbocycles. The van der Waals surface area contributed by atoms with Crippen molar-refractivity contribution in [2.24, 2.45) is 4.99 Å². The summed E-state index contributed by atoms with van der Waals surface area (Å²) in [7, 11) is 0. The van der Waals surface area contributed by atoms with Gasteiger partial charge in [0.15, 0.2) is 0 Å². The zero-order valence-corrected chi connectivity index (χ0v) is 10.1. The minimum absolute atomic E-state index is 0.356. The third-order valence-electron chi connectivity index (χ3n) is 2.96. The lowest BCUT2D eigenvalue weighted by Gasteiger charge is -2.30. The van der Waals surface area contributed by atoms with Crippen molar-refractivity contribution in [3.63, 3.8) is 0 Å².